The Kier molecular flexibility index (Phi) is 2.87. The Morgan fingerprint density at radius 1 is 1.46 bits per heavy atom. The Labute approximate surface area is 78.7 Å². The van der Waals surface area contributed by atoms with Crippen LogP contribution in [-0.2, 0) is 5.88 Å². The normalized spacial score (nSPS) is 10.8. The van der Waals surface area contributed by atoms with Gasteiger partial charge in [-0.1, -0.05) is 0 Å². The van der Waals surface area contributed by atoms with E-state index < -0.39 is 12.1 Å². The smallest absolute Gasteiger partial charge is 0.280 e. The van der Waals surface area contributed by atoms with Gasteiger partial charge in [0.05, 0.1) is 22.9 Å². The van der Waals surface area contributed by atoms with Crippen molar-refractivity contribution in [1.82, 2.24) is 4.98 Å². The van der Waals surface area contributed by atoms with E-state index in [1.807, 2.05) is 0 Å². The molecule has 13 heavy (non-hydrogen) atoms. The molecular weight excluding hydrogens is 200 g/mol. The lowest BCUT2D eigenvalue weighted by Crippen LogP contribution is -2.04. The molecule has 0 aliphatic rings. The molecule has 0 atom stereocenters. The molecule has 0 radical (unpaired) electrons. The second-order valence-electron chi connectivity index (χ2n) is 2.43. The summed E-state index contributed by atoms with van der Waals surface area (Å²) in [4.78, 5) is 3.56. The van der Waals surface area contributed by atoms with Crippen LogP contribution in [0.5, 0.6) is 0 Å². The summed E-state index contributed by atoms with van der Waals surface area (Å²) in [5.41, 5.74) is 10.9. The van der Waals surface area contributed by atoms with Crippen molar-refractivity contribution in [3.05, 3.63) is 17.5 Å². The maximum absolute atomic E-state index is 12.2. The first-order valence-corrected chi connectivity index (χ1v) is 3.98. The van der Waals surface area contributed by atoms with E-state index in [0.29, 0.717) is 0 Å². The van der Waals surface area contributed by atoms with Gasteiger partial charge < -0.3 is 11.5 Å². The zero-order valence-corrected chi connectivity index (χ0v) is 7.35. The fourth-order valence-electron chi connectivity index (χ4n) is 0.866. The van der Waals surface area contributed by atoms with Gasteiger partial charge in [-0.2, -0.15) is 0 Å². The van der Waals surface area contributed by atoms with Crippen molar-refractivity contribution >= 4 is 23.0 Å². The molecule has 1 rings (SSSR count). The molecule has 0 saturated heterocycles. The van der Waals surface area contributed by atoms with Gasteiger partial charge in [0.2, 0.25) is 0 Å². The minimum atomic E-state index is -2.66. The van der Waals surface area contributed by atoms with E-state index in [0.717, 1.165) is 6.07 Å². The first-order chi connectivity index (χ1) is 6.06. The van der Waals surface area contributed by atoms with Crippen molar-refractivity contribution in [2.24, 2.45) is 0 Å². The average Bonchev–Trinajstić information content (AvgIpc) is 2.09. The molecule has 6 heteroatoms. The Balaban J connectivity index is 3.22. The van der Waals surface area contributed by atoms with E-state index >= 15 is 0 Å². The number of alkyl halides is 3. The summed E-state index contributed by atoms with van der Waals surface area (Å²) in [6, 6.07) is 1.05. The van der Waals surface area contributed by atoms with Crippen LogP contribution >= 0.6 is 11.6 Å². The van der Waals surface area contributed by atoms with Crippen molar-refractivity contribution in [2.75, 3.05) is 11.5 Å². The molecule has 0 unspecified atom stereocenters. The molecule has 1 heterocycles. The quantitative estimate of drug-likeness (QED) is 0.729. The minimum absolute atomic E-state index is 0.0312. The van der Waals surface area contributed by atoms with Gasteiger partial charge in [0, 0.05) is 0 Å². The van der Waals surface area contributed by atoms with Crippen LogP contribution in [0.2, 0.25) is 0 Å². The summed E-state index contributed by atoms with van der Waals surface area (Å²) >= 11 is 5.44. The third kappa shape index (κ3) is 1.98. The van der Waals surface area contributed by atoms with Gasteiger partial charge >= 0.3 is 0 Å². The number of hydrogen-bond acceptors (Lipinski definition) is 3. The van der Waals surface area contributed by atoms with E-state index in [-0.39, 0.29) is 22.9 Å². The number of nitrogens with two attached hydrogens (primary N) is 2. The third-order valence-corrected chi connectivity index (χ3v) is 1.79. The largest absolute Gasteiger partial charge is 0.397 e. The zero-order valence-electron chi connectivity index (χ0n) is 6.60. The van der Waals surface area contributed by atoms with Crippen LogP contribution in [0, 0.1) is 0 Å². The Morgan fingerprint density at radius 2 is 2.08 bits per heavy atom. The van der Waals surface area contributed by atoms with Crippen LogP contribution in [0.4, 0.5) is 20.2 Å². The highest BCUT2D eigenvalue weighted by atomic mass is 35.5. The van der Waals surface area contributed by atoms with E-state index in [1.165, 1.54) is 0 Å². The summed E-state index contributed by atoms with van der Waals surface area (Å²) in [6.45, 7) is 0. The van der Waals surface area contributed by atoms with Gasteiger partial charge in [0.1, 0.15) is 5.69 Å². The highest BCUT2D eigenvalue weighted by molar-refractivity contribution is 6.17. The summed E-state index contributed by atoms with van der Waals surface area (Å²) < 4.78 is 24.4. The van der Waals surface area contributed by atoms with Gasteiger partial charge in [-0.15, -0.1) is 11.6 Å². The molecule has 0 aliphatic heterocycles. The van der Waals surface area contributed by atoms with Gasteiger partial charge in [-0.3, -0.25) is 0 Å². The lowest BCUT2D eigenvalue weighted by Gasteiger charge is -2.07. The number of aromatic nitrogens is 1. The fourth-order valence-corrected chi connectivity index (χ4v) is 1.07. The van der Waals surface area contributed by atoms with Crippen LogP contribution in [0.25, 0.3) is 0 Å². The first kappa shape index (κ1) is 9.98. The number of nitrogens with zero attached hydrogens (tertiary/aromatic N) is 1. The molecule has 4 N–H and O–H groups in total. The lowest BCUT2D eigenvalue weighted by atomic mass is 10.2. The molecule has 0 bridgehead atoms. The molecule has 0 fully saturated rings. The van der Waals surface area contributed by atoms with Crippen LogP contribution in [0.1, 0.15) is 17.8 Å². The summed E-state index contributed by atoms with van der Waals surface area (Å²) in [5.74, 6) is -0.0312. The van der Waals surface area contributed by atoms with Crippen molar-refractivity contribution in [3.63, 3.8) is 0 Å². The number of pyridine rings is 1. The standard InChI is InChI=1S/C7H8ClF2N3/c8-2-5-6(12)3(11)1-4(13-5)7(9)10/h1,7H,2,12H2,(H2,11,13). The fraction of sp³-hybridized carbons (Fsp3) is 0.286. The number of hydrogen-bond donors (Lipinski definition) is 2. The molecule has 72 valence electrons. The molecule has 3 nitrogen and oxygen atoms in total. The van der Waals surface area contributed by atoms with Crippen molar-refractivity contribution in [1.29, 1.82) is 0 Å². The first-order valence-electron chi connectivity index (χ1n) is 3.45. The highest BCUT2D eigenvalue weighted by Crippen LogP contribution is 2.25. The minimum Gasteiger partial charge on any atom is -0.397 e. The van der Waals surface area contributed by atoms with Crippen molar-refractivity contribution < 1.29 is 8.78 Å². The van der Waals surface area contributed by atoms with Crippen LogP contribution < -0.4 is 11.5 Å². The van der Waals surface area contributed by atoms with E-state index in [9.17, 15) is 8.78 Å². The summed E-state index contributed by atoms with van der Waals surface area (Å²) in [7, 11) is 0. The molecule has 0 spiro atoms. The maximum Gasteiger partial charge on any atom is 0.280 e. The Morgan fingerprint density at radius 3 is 2.54 bits per heavy atom. The second kappa shape index (κ2) is 3.74. The predicted octanol–water partition coefficient (Wildman–Crippen LogP) is 1.92. The van der Waals surface area contributed by atoms with Crippen LogP contribution in [0.15, 0.2) is 6.07 Å². The molecule has 0 aromatic carbocycles. The highest BCUT2D eigenvalue weighted by Gasteiger charge is 2.13. The van der Waals surface area contributed by atoms with Gasteiger partial charge in [0.25, 0.3) is 6.43 Å². The number of anilines is 2. The third-order valence-electron chi connectivity index (χ3n) is 1.54. The molecule has 0 saturated carbocycles. The maximum atomic E-state index is 12.2. The second-order valence-corrected chi connectivity index (χ2v) is 2.70. The molecule has 0 aliphatic carbocycles. The molecule has 1 aromatic heterocycles. The van der Waals surface area contributed by atoms with E-state index in [4.69, 9.17) is 23.1 Å². The Hall–Kier alpha value is -1.10. The number of rotatable bonds is 2. The van der Waals surface area contributed by atoms with Crippen LogP contribution in [-0.4, -0.2) is 4.98 Å². The Bertz CT molecular complexity index is 317. The van der Waals surface area contributed by atoms with Gasteiger partial charge in [0.15, 0.2) is 0 Å². The van der Waals surface area contributed by atoms with E-state index in [2.05, 4.69) is 4.98 Å². The summed E-state index contributed by atoms with van der Waals surface area (Å²) in [6.07, 6.45) is -2.66. The molecule has 0 amide bonds. The van der Waals surface area contributed by atoms with Gasteiger partial charge in [-0.25, -0.2) is 13.8 Å². The predicted molar refractivity (Wildman–Crippen MR) is 47.6 cm³/mol. The van der Waals surface area contributed by atoms with Crippen LogP contribution in [0.3, 0.4) is 0 Å². The van der Waals surface area contributed by atoms with E-state index in [1.54, 1.807) is 0 Å². The average molecular weight is 208 g/mol. The van der Waals surface area contributed by atoms with Crippen molar-refractivity contribution in [3.8, 4) is 0 Å². The molecule has 1 aromatic rings. The molecular formula is C7H8ClF2N3. The SMILES string of the molecule is Nc1cc(C(F)F)nc(CCl)c1N. The summed E-state index contributed by atoms with van der Waals surface area (Å²) in [5, 5.41) is 0. The van der Waals surface area contributed by atoms with Crippen molar-refractivity contribution in [2.45, 2.75) is 12.3 Å². The topological polar surface area (TPSA) is 64.9 Å². The zero-order chi connectivity index (χ0) is 10.0. The lowest BCUT2D eigenvalue weighted by molar-refractivity contribution is 0.146. The monoisotopic (exact) mass is 207 g/mol. The number of halogens is 3. The van der Waals surface area contributed by atoms with Gasteiger partial charge in [-0.05, 0) is 6.07 Å². The number of nitrogen functional groups attached to an aromatic ring is 2.